The van der Waals surface area contributed by atoms with Crippen molar-refractivity contribution in [3.05, 3.63) is 78.8 Å². The van der Waals surface area contributed by atoms with Crippen LogP contribution in [-0.2, 0) is 17.9 Å². The second kappa shape index (κ2) is 7.98. The molecular weight excluding hydrogens is 389 g/mol. The number of aromatic amines is 1. The number of amides is 1. The number of benzene rings is 2. The van der Waals surface area contributed by atoms with Gasteiger partial charge in [0.2, 0.25) is 5.91 Å². The summed E-state index contributed by atoms with van der Waals surface area (Å²) >= 11 is 12.1. The zero-order chi connectivity index (χ0) is 19.6. The molecule has 0 radical (unpaired) electrons. The molecule has 0 aliphatic heterocycles. The molecule has 0 bridgehead atoms. The van der Waals surface area contributed by atoms with E-state index in [0.29, 0.717) is 27.4 Å². The number of carbonyl (C=O) groups excluding carboxylic acids is 1. The lowest BCUT2D eigenvalue weighted by molar-refractivity contribution is -0.130. The average molecular weight is 406 g/mol. The maximum absolute atomic E-state index is 12.5. The summed E-state index contributed by atoms with van der Waals surface area (Å²) in [6.07, 6.45) is 0.0584. The lowest BCUT2D eigenvalue weighted by Crippen LogP contribution is -2.33. The summed E-state index contributed by atoms with van der Waals surface area (Å²) in [7, 11) is 1.64. The summed E-state index contributed by atoms with van der Waals surface area (Å²) in [5.41, 5.74) is 0.0338. The van der Waals surface area contributed by atoms with Gasteiger partial charge in [-0.1, -0.05) is 47.5 Å². The van der Waals surface area contributed by atoms with Gasteiger partial charge in [0.1, 0.15) is 0 Å². The van der Waals surface area contributed by atoms with E-state index >= 15 is 0 Å². The molecule has 0 saturated heterocycles. The fourth-order valence-electron chi connectivity index (χ4n) is 2.82. The first kappa shape index (κ1) is 19.2. The molecule has 6 nitrogen and oxygen atoms in total. The van der Waals surface area contributed by atoms with Gasteiger partial charge in [0.15, 0.2) is 0 Å². The van der Waals surface area contributed by atoms with Gasteiger partial charge in [-0.15, -0.1) is 0 Å². The van der Waals surface area contributed by atoms with Crippen molar-refractivity contribution in [3.8, 4) is 0 Å². The Bertz CT molecular complexity index is 1120. The second-order valence-corrected chi connectivity index (χ2v) is 6.94. The van der Waals surface area contributed by atoms with E-state index in [2.05, 4.69) is 5.10 Å². The molecule has 0 atom stereocenters. The molecule has 0 saturated carbocycles. The van der Waals surface area contributed by atoms with Gasteiger partial charge >= 0.3 is 0 Å². The molecule has 3 aromatic rings. The van der Waals surface area contributed by atoms with Gasteiger partial charge in [0, 0.05) is 20.0 Å². The van der Waals surface area contributed by atoms with Crippen LogP contribution < -0.4 is 11.1 Å². The van der Waals surface area contributed by atoms with Gasteiger partial charge in [-0.05, 0) is 23.8 Å². The smallest absolute Gasteiger partial charge is 0.273 e. The van der Waals surface area contributed by atoms with Crippen LogP contribution in [0.25, 0.3) is 10.8 Å². The van der Waals surface area contributed by atoms with E-state index in [1.54, 1.807) is 49.5 Å². The van der Waals surface area contributed by atoms with E-state index in [-0.39, 0.29) is 30.0 Å². The van der Waals surface area contributed by atoms with Gasteiger partial charge in [-0.25, -0.2) is 4.68 Å². The van der Waals surface area contributed by atoms with Crippen molar-refractivity contribution in [1.29, 1.82) is 0 Å². The van der Waals surface area contributed by atoms with Gasteiger partial charge in [0.25, 0.3) is 11.1 Å². The summed E-state index contributed by atoms with van der Waals surface area (Å²) in [6.45, 7) is 0.368. The maximum atomic E-state index is 12.5. The fourth-order valence-corrected chi connectivity index (χ4v) is 3.20. The van der Waals surface area contributed by atoms with Crippen molar-refractivity contribution in [2.24, 2.45) is 0 Å². The number of rotatable bonds is 5. The minimum absolute atomic E-state index is 0.0584. The van der Waals surface area contributed by atoms with E-state index < -0.39 is 0 Å². The quantitative estimate of drug-likeness (QED) is 0.708. The SMILES string of the molecule is CN(Cc1cccc(Cl)c1Cl)C(=O)CCn1[nH]c(=O)c2ccccc2c1=O. The molecular formula is C19H17Cl2N3O3. The van der Waals surface area contributed by atoms with Gasteiger partial charge in [-0.2, -0.15) is 0 Å². The van der Waals surface area contributed by atoms with Crippen LogP contribution in [-0.4, -0.2) is 27.6 Å². The predicted molar refractivity (Wildman–Crippen MR) is 106 cm³/mol. The minimum Gasteiger partial charge on any atom is -0.341 e. The van der Waals surface area contributed by atoms with Crippen molar-refractivity contribution < 1.29 is 4.79 Å². The van der Waals surface area contributed by atoms with Crippen molar-refractivity contribution in [2.45, 2.75) is 19.5 Å². The topological polar surface area (TPSA) is 75.2 Å². The maximum Gasteiger partial charge on any atom is 0.273 e. The Hall–Kier alpha value is -2.57. The van der Waals surface area contributed by atoms with Crippen LogP contribution in [0.4, 0.5) is 0 Å². The van der Waals surface area contributed by atoms with Crippen LogP contribution in [0.3, 0.4) is 0 Å². The molecule has 0 aliphatic rings. The molecule has 0 unspecified atom stereocenters. The number of aromatic nitrogens is 2. The minimum atomic E-state index is -0.364. The number of halogens is 2. The lowest BCUT2D eigenvalue weighted by Gasteiger charge is -2.18. The van der Waals surface area contributed by atoms with E-state index in [9.17, 15) is 14.4 Å². The third-order valence-electron chi connectivity index (χ3n) is 4.30. The van der Waals surface area contributed by atoms with Crippen molar-refractivity contribution in [2.75, 3.05) is 7.05 Å². The zero-order valence-electron chi connectivity index (χ0n) is 14.5. The first-order valence-corrected chi connectivity index (χ1v) is 9.03. The third kappa shape index (κ3) is 4.07. The zero-order valence-corrected chi connectivity index (χ0v) is 16.0. The van der Waals surface area contributed by atoms with Crippen molar-refractivity contribution in [3.63, 3.8) is 0 Å². The predicted octanol–water partition coefficient (Wildman–Crippen LogP) is 3.05. The Kier molecular flexibility index (Phi) is 5.68. The van der Waals surface area contributed by atoms with Crippen LogP contribution in [0.2, 0.25) is 10.0 Å². The lowest BCUT2D eigenvalue weighted by atomic mass is 10.2. The Morgan fingerprint density at radius 1 is 1.07 bits per heavy atom. The highest BCUT2D eigenvalue weighted by molar-refractivity contribution is 6.42. The van der Waals surface area contributed by atoms with E-state index in [4.69, 9.17) is 23.2 Å². The molecule has 1 heterocycles. The normalized spacial score (nSPS) is 10.9. The van der Waals surface area contributed by atoms with Crippen LogP contribution >= 0.6 is 23.2 Å². The van der Waals surface area contributed by atoms with Crippen molar-refractivity contribution in [1.82, 2.24) is 14.7 Å². The second-order valence-electron chi connectivity index (χ2n) is 6.16. The Morgan fingerprint density at radius 3 is 2.52 bits per heavy atom. The molecule has 1 aromatic heterocycles. The standard InChI is InChI=1S/C19H17Cl2N3O3/c1-23(11-12-5-4-8-15(20)17(12)21)16(25)9-10-24-19(27)14-7-3-2-6-13(14)18(26)22-24/h2-8H,9-11H2,1H3,(H,22,26). The Labute approximate surface area is 164 Å². The number of fused-ring (bicyclic) bond motifs is 1. The largest absolute Gasteiger partial charge is 0.341 e. The highest BCUT2D eigenvalue weighted by atomic mass is 35.5. The number of carbonyl (C=O) groups is 1. The fraction of sp³-hybridized carbons (Fsp3) is 0.211. The number of H-pyrrole nitrogens is 1. The number of hydrogen-bond donors (Lipinski definition) is 1. The van der Waals surface area contributed by atoms with Crippen LogP contribution in [0.1, 0.15) is 12.0 Å². The molecule has 0 spiro atoms. The van der Waals surface area contributed by atoms with Gasteiger partial charge < -0.3 is 4.90 Å². The molecule has 1 N–H and O–H groups in total. The molecule has 2 aromatic carbocycles. The summed E-state index contributed by atoms with van der Waals surface area (Å²) < 4.78 is 1.17. The highest BCUT2D eigenvalue weighted by Crippen LogP contribution is 2.26. The van der Waals surface area contributed by atoms with E-state index in [1.165, 1.54) is 9.58 Å². The number of nitrogens with zero attached hydrogens (tertiary/aromatic N) is 2. The number of nitrogens with one attached hydrogen (secondary N) is 1. The highest BCUT2D eigenvalue weighted by Gasteiger charge is 2.14. The van der Waals surface area contributed by atoms with Crippen LogP contribution in [0.15, 0.2) is 52.1 Å². The summed E-state index contributed by atoms with van der Waals surface area (Å²) in [6, 6.07) is 11.8. The summed E-state index contributed by atoms with van der Waals surface area (Å²) in [4.78, 5) is 38.5. The molecule has 0 aliphatic carbocycles. The Balaban J connectivity index is 1.73. The van der Waals surface area contributed by atoms with Crippen LogP contribution in [0.5, 0.6) is 0 Å². The van der Waals surface area contributed by atoms with E-state index in [0.717, 1.165) is 5.56 Å². The monoisotopic (exact) mass is 405 g/mol. The summed E-state index contributed by atoms with van der Waals surface area (Å²) in [5.74, 6) is -0.188. The Morgan fingerprint density at radius 2 is 1.78 bits per heavy atom. The first-order valence-electron chi connectivity index (χ1n) is 8.27. The number of hydrogen-bond acceptors (Lipinski definition) is 3. The molecule has 8 heteroatoms. The molecule has 1 amide bonds. The van der Waals surface area contributed by atoms with Gasteiger partial charge in [0.05, 0.1) is 27.4 Å². The summed E-state index contributed by atoms with van der Waals surface area (Å²) in [5, 5.41) is 4.01. The third-order valence-corrected chi connectivity index (χ3v) is 5.16. The molecule has 0 fully saturated rings. The molecule has 27 heavy (non-hydrogen) atoms. The average Bonchev–Trinajstić information content (AvgIpc) is 2.67. The first-order chi connectivity index (χ1) is 12.9. The van der Waals surface area contributed by atoms with E-state index in [1.807, 2.05) is 0 Å². The van der Waals surface area contributed by atoms with Crippen molar-refractivity contribution >= 4 is 39.9 Å². The number of aryl methyl sites for hydroxylation is 1. The molecule has 140 valence electrons. The van der Waals surface area contributed by atoms with Crippen LogP contribution in [0, 0.1) is 0 Å². The van der Waals surface area contributed by atoms with Gasteiger partial charge in [-0.3, -0.25) is 19.5 Å². The molecule has 3 rings (SSSR count).